The molecule has 1 saturated heterocycles. The van der Waals surface area contributed by atoms with Crippen LogP contribution in [0.5, 0.6) is 0 Å². The molecule has 3 rings (SSSR count). The van der Waals surface area contributed by atoms with Gasteiger partial charge in [0.2, 0.25) is 5.91 Å². The highest BCUT2D eigenvalue weighted by atomic mass is 16.5. The second kappa shape index (κ2) is 7.92. The van der Waals surface area contributed by atoms with Gasteiger partial charge in [0.25, 0.3) is 0 Å². The lowest BCUT2D eigenvalue weighted by molar-refractivity contribution is -0.148. The van der Waals surface area contributed by atoms with Crippen LogP contribution in [0, 0.1) is 12.8 Å². The minimum Gasteiger partial charge on any atom is -0.465 e. The zero-order chi connectivity index (χ0) is 17.6. The van der Waals surface area contributed by atoms with Gasteiger partial charge in [0.15, 0.2) is 0 Å². The van der Waals surface area contributed by atoms with Crippen molar-refractivity contribution in [3.63, 3.8) is 0 Å². The predicted octanol–water partition coefficient (Wildman–Crippen LogP) is 2.92. The molecule has 5 heteroatoms. The molecule has 2 heterocycles. The molecule has 1 aliphatic heterocycles. The second-order valence-electron chi connectivity index (χ2n) is 6.37. The number of hydrogen-bond donors (Lipinski definition) is 0. The summed E-state index contributed by atoms with van der Waals surface area (Å²) < 4.78 is 5.36. The minimum atomic E-state index is -0.382. The average molecular weight is 338 g/mol. The number of nitrogens with zero attached hydrogens (tertiary/aromatic N) is 2. The number of carbonyl (C=O) groups excluding carboxylic acids is 2. The summed E-state index contributed by atoms with van der Waals surface area (Å²) in [5.74, 6) is -0.692. The van der Waals surface area contributed by atoms with Crippen molar-refractivity contribution in [3.8, 4) is 0 Å². The molecule has 1 fully saturated rings. The highest BCUT2D eigenvalue weighted by molar-refractivity contribution is 5.99. The van der Waals surface area contributed by atoms with Crippen molar-refractivity contribution in [1.82, 2.24) is 4.98 Å². The van der Waals surface area contributed by atoms with Gasteiger partial charge in [-0.25, -0.2) is 0 Å². The highest BCUT2D eigenvalue weighted by Gasteiger charge is 2.36. The Morgan fingerprint density at radius 3 is 2.80 bits per heavy atom. The molecule has 1 aromatic carbocycles. The molecule has 0 saturated carbocycles. The number of hydrogen-bond acceptors (Lipinski definition) is 4. The van der Waals surface area contributed by atoms with Crippen LogP contribution in [-0.4, -0.2) is 30.0 Å². The summed E-state index contributed by atoms with van der Waals surface area (Å²) in [6.45, 7) is 2.76. The molecule has 1 unspecified atom stereocenters. The molecule has 0 radical (unpaired) electrons. The number of aromatic nitrogens is 1. The summed E-state index contributed by atoms with van der Waals surface area (Å²) >= 11 is 0. The Kier molecular flexibility index (Phi) is 5.43. The number of esters is 1. The van der Waals surface area contributed by atoms with E-state index >= 15 is 0 Å². The molecule has 0 N–H and O–H groups in total. The first-order valence-corrected chi connectivity index (χ1v) is 8.56. The fourth-order valence-corrected chi connectivity index (χ4v) is 2.95. The van der Waals surface area contributed by atoms with Crippen LogP contribution < -0.4 is 4.90 Å². The van der Waals surface area contributed by atoms with Gasteiger partial charge in [-0.3, -0.25) is 14.6 Å². The third-order valence-corrected chi connectivity index (χ3v) is 4.38. The maximum atomic E-state index is 12.2. The standard InChI is InChI=1S/C20H22N2O3/c1-15-6-8-18(9-7-15)22-14-17(12-19(22)23)20(24)25-11-3-5-16-4-2-10-21-13-16/h2,4,6-10,13,17H,3,5,11-12,14H2,1H3. The van der Waals surface area contributed by atoms with Crippen molar-refractivity contribution < 1.29 is 14.3 Å². The molecular formula is C20H22N2O3. The first-order valence-electron chi connectivity index (χ1n) is 8.56. The monoisotopic (exact) mass is 338 g/mol. The van der Waals surface area contributed by atoms with E-state index in [2.05, 4.69) is 4.98 Å². The summed E-state index contributed by atoms with van der Waals surface area (Å²) in [6, 6.07) is 11.7. The number of amides is 1. The number of carbonyl (C=O) groups is 2. The van der Waals surface area contributed by atoms with Crippen LogP contribution in [0.25, 0.3) is 0 Å². The Hall–Kier alpha value is -2.69. The molecule has 0 bridgehead atoms. The van der Waals surface area contributed by atoms with Crippen LogP contribution in [0.15, 0.2) is 48.8 Å². The largest absolute Gasteiger partial charge is 0.465 e. The van der Waals surface area contributed by atoms with Gasteiger partial charge in [-0.1, -0.05) is 23.8 Å². The van der Waals surface area contributed by atoms with E-state index in [0.29, 0.717) is 13.2 Å². The van der Waals surface area contributed by atoms with E-state index in [-0.39, 0.29) is 24.2 Å². The Labute approximate surface area is 147 Å². The van der Waals surface area contributed by atoms with E-state index in [1.807, 2.05) is 49.5 Å². The molecule has 2 aromatic rings. The van der Waals surface area contributed by atoms with Gasteiger partial charge in [0.05, 0.1) is 12.5 Å². The maximum Gasteiger partial charge on any atom is 0.311 e. The SMILES string of the molecule is Cc1ccc(N2CC(C(=O)OCCCc3cccnc3)CC2=O)cc1. The van der Waals surface area contributed by atoms with E-state index in [1.165, 1.54) is 0 Å². The third kappa shape index (κ3) is 4.44. The van der Waals surface area contributed by atoms with Gasteiger partial charge >= 0.3 is 5.97 Å². The van der Waals surface area contributed by atoms with Crippen LogP contribution in [0.2, 0.25) is 0 Å². The van der Waals surface area contributed by atoms with Crippen LogP contribution in [0.3, 0.4) is 0 Å². The number of aryl methyl sites for hydroxylation is 2. The molecule has 1 amide bonds. The van der Waals surface area contributed by atoms with Gasteiger partial charge in [-0.2, -0.15) is 0 Å². The van der Waals surface area contributed by atoms with E-state index in [0.717, 1.165) is 29.7 Å². The smallest absolute Gasteiger partial charge is 0.311 e. The fraction of sp³-hybridized carbons (Fsp3) is 0.350. The molecule has 5 nitrogen and oxygen atoms in total. The zero-order valence-electron chi connectivity index (χ0n) is 14.4. The summed E-state index contributed by atoms with van der Waals surface area (Å²) in [5.41, 5.74) is 3.10. The summed E-state index contributed by atoms with van der Waals surface area (Å²) in [7, 11) is 0. The molecule has 1 aromatic heterocycles. The lowest BCUT2D eigenvalue weighted by atomic mass is 10.1. The van der Waals surface area contributed by atoms with Gasteiger partial charge in [0.1, 0.15) is 0 Å². The van der Waals surface area contributed by atoms with Crippen molar-refractivity contribution in [2.45, 2.75) is 26.2 Å². The van der Waals surface area contributed by atoms with Crippen LogP contribution in [-0.2, 0) is 20.7 Å². The van der Waals surface area contributed by atoms with Crippen molar-refractivity contribution in [2.75, 3.05) is 18.1 Å². The van der Waals surface area contributed by atoms with Gasteiger partial charge < -0.3 is 9.64 Å². The quantitative estimate of drug-likeness (QED) is 0.600. The van der Waals surface area contributed by atoms with E-state index in [9.17, 15) is 9.59 Å². The Balaban J connectivity index is 1.46. The predicted molar refractivity (Wildman–Crippen MR) is 95.2 cm³/mol. The molecule has 130 valence electrons. The first-order chi connectivity index (χ1) is 12.1. The molecule has 25 heavy (non-hydrogen) atoms. The molecule has 1 atom stereocenters. The van der Waals surface area contributed by atoms with Gasteiger partial charge in [-0.05, 0) is 43.5 Å². The number of anilines is 1. The Bertz CT molecular complexity index is 728. The normalized spacial score (nSPS) is 16.9. The molecule has 0 aliphatic carbocycles. The highest BCUT2D eigenvalue weighted by Crippen LogP contribution is 2.26. The van der Waals surface area contributed by atoms with E-state index in [1.54, 1.807) is 11.1 Å². The number of ether oxygens (including phenoxy) is 1. The van der Waals surface area contributed by atoms with Crippen molar-refractivity contribution in [2.24, 2.45) is 5.92 Å². The fourth-order valence-electron chi connectivity index (χ4n) is 2.95. The van der Waals surface area contributed by atoms with Gasteiger partial charge in [0, 0.05) is 31.0 Å². The van der Waals surface area contributed by atoms with Crippen molar-refractivity contribution in [1.29, 1.82) is 0 Å². The molecule has 1 aliphatic rings. The summed E-state index contributed by atoms with van der Waals surface area (Å²) in [5, 5.41) is 0. The van der Waals surface area contributed by atoms with Crippen molar-refractivity contribution in [3.05, 3.63) is 59.9 Å². The lowest BCUT2D eigenvalue weighted by Crippen LogP contribution is -2.26. The van der Waals surface area contributed by atoms with E-state index in [4.69, 9.17) is 4.74 Å². The summed E-state index contributed by atoms with van der Waals surface area (Å²) in [6.07, 6.45) is 5.34. The summed E-state index contributed by atoms with van der Waals surface area (Å²) in [4.78, 5) is 30.1. The minimum absolute atomic E-state index is 0.0267. The Morgan fingerprint density at radius 2 is 2.08 bits per heavy atom. The van der Waals surface area contributed by atoms with Crippen LogP contribution in [0.1, 0.15) is 24.0 Å². The van der Waals surface area contributed by atoms with Crippen LogP contribution in [0.4, 0.5) is 5.69 Å². The maximum absolute atomic E-state index is 12.2. The number of benzene rings is 1. The topological polar surface area (TPSA) is 59.5 Å². The molecule has 0 spiro atoms. The van der Waals surface area contributed by atoms with Gasteiger partial charge in [-0.15, -0.1) is 0 Å². The third-order valence-electron chi connectivity index (χ3n) is 4.38. The lowest BCUT2D eigenvalue weighted by Gasteiger charge is -2.16. The average Bonchev–Trinajstić information content (AvgIpc) is 3.02. The number of rotatable bonds is 6. The Morgan fingerprint density at radius 1 is 1.28 bits per heavy atom. The number of pyridine rings is 1. The second-order valence-corrected chi connectivity index (χ2v) is 6.37. The zero-order valence-corrected chi connectivity index (χ0v) is 14.4. The van der Waals surface area contributed by atoms with Crippen molar-refractivity contribution >= 4 is 17.6 Å². The first kappa shape index (κ1) is 17.1. The van der Waals surface area contributed by atoms with Crippen LogP contribution >= 0.6 is 0 Å². The van der Waals surface area contributed by atoms with E-state index < -0.39 is 0 Å². The molecular weight excluding hydrogens is 316 g/mol.